The first-order valence-electron chi connectivity index (χ1n) is 7.10. The Morgan fingerprint density at radius 1 is 0.950 bits per heavy atom. The highest BCUT2D eigenvalue weighted by atomic mass is 32.2. The summed E-state index contributed by atoms with van der Waals surface area (Å²) in [7, 11) is 0. The van der Waals surface area contributed by atoms with Crippen molar-refractivity contribution in [3.8, 4) is 0 Å². The van der Waals surface area contributed by atoms with Gasteiger partial charge in [-0.25, -0.2) is 0 Å². The summed E-state index contributed by atoms with van der Waals surface area (Å²) in [6.07, 6.45) is 3.81. The lowest BCUT2D eigenvalue weighted by molar-refractivity contribution is 0.0664. The molecule has 2 heterocycles. The first kappa shape index (κ1) is 13.6. The Balaban J connectivity index is 1.56. The van der Waals surface area contributed by atoms with Crippen molar-refractivity contribution < 1.29 is 9.59 Å². The number of carbonyl (C=O) groups is 2. The van der Waals surface area contributed by atoms with Crippen molar-refractivity contribution in [2.75, 3.05) is 25.4 Å². The summed E-state index contributed by atoms with van der Waals surface area (Å²) >= 11 is 1.75. The molecule has 1 fully saturated rings. The van der Waals surface area contributed by atoms with E-state index in [1.54, 1.807) is 36.2 Å². The maximum absolute atomic E-state index is 12.2. The Bertz CT molecular complexity index is 491. The van der Waals surface area contributed by atoms with Gasteiger partial charge in [-0.05, 0) is 25.0 Å². The van der Waals surface area contributed by atoms with E-state index in [4.69, 9.17) is 0 Å². The number of nitrogens with zero attached hydrogens (tertiary/aromatic N) is 2. The molecule has 1 aromatic carbocycles. The van der Waals surface area contributed by atoms with Crippen LogP contribution in [0.3, 0.4) is 0 Å². The standard InChI is InChI=1S/C15H18N2O2S/c18-14-12-6-2-3-7-13(12)15(19)17(14)10-11-20-16-8-4-1-5-9-16/h2-3,6-7H,1,4-5,8-11H2. The van der Waals surface area contributed by atoms with Crippen LogP contribution < -0.4 is 0 Å². The summed E-state index contributed by atoms with van der Waals surface area (Å²) in [6.45, 7) is 2.73. The van der Waals surface area contributed by atoms with Gasteiger partial charge in [-0.15, -0.1) is 0 Å². The number of fused-ring (bicyclic) bond motifs is 1. The van der Waals surface area contributed by atoms with Crippen LogP contribution in [0.1, 0.15) is 40.0 Å². The minimum Gasteiger partial charge on any atom is -0.273 e. The van der Waals surface area contributed by atoms with Crippen LogP contribution in [0.5, 0.6) is 0 Å². The van der Waals surface area contributed by atoms with Crippen LogP contribution in [0.25, 0.3) is 0 Å². The second kappa shape index (κ2) is 5.97. The number of hydrogen-bond acceptors (Lipinski definition) is 4. The maximum Gasteiger partial charge on any atom is 0.261 e. The van der Waals surface area contributed by atoms with Gasteiger partial charge in [0, 0.05) is 25.4 Å². The van der Waals surface area contributed by atoms with Crippen molar-refractivity contribution in [3.05, 3.63) is 35.4 Å². The maximum atomic E-state index is 12.2. The summed E-state index contributed by atoms with van der Waals surface area (Å²) in [6, 6.07) is 7.06. The minimum atomic E-state index is -0.148. The normalized spacial score (nSPS) is 19.5. The summed E-state index contributed by atoms with van der Waals surface area (Å²) in [5.41, 5.74) is 1.08. The molecular weight excluding hydrogens is 272 g/mol. The molecule has 2 aliphatic heterocycles. The quantitative estimate of drug-likeness (QED) is 0.631. The first-order chi connectivity index (χ1) is 9.77. The van der Waals surface area contributed by atoms with Gasteiger partial charge in [-0.1, -0.05) is 30.5 Å². The zero-order valence-electron chi connectivity index (χ0n) is 11.4. The summed E-state index contributed by atoms with van der Waals surface area (Å²) in [4.78, 5) is 25.7. The molecule has 0 bridgehead atoms. The van der Waals surface area contributed by atoms with Gasteiger partial charge in [0.05, 0.1) is 11.1 Å². The Morgan fingerprint density at radius 2 is 1.55 bits per heavy atom. The molecule has 2 aliphatic rings. The third kappa shape index (κ3) is 2.60. The fourth-order valence-corrected chi connectivity index (χ4v) is 3.74. The molecule has 0 spiro atoms. The number of rotatable bonds is 4. The van der Waals surface area contributed by atoms with Gasteiger partial charge in [0.1, 0.15) is 0 Å². The molecular formula is C15H18N2O2S. The lowest BCUT2D eigenvalue weighted by Gasteiger charge is -2.25. The highest BCUT2D eigenvalue weighted by Gasteiger charge is 2.34. The largest absolute Gasteiger partial charge is 0.273 e. The fraction of sp³-hybridized carbons (Fsp3) is 0.467. The van der Waals surface area contributed by atoms with E-state index in [1.165, 1.54) is 24.2 Å². The Hall–Kier alpha value is -1.33. The van der Waals surface area contributed by atoms with Gasteiger partial charge in [0.2, 0.25) is 0 Å². The summed E-state index contributed by atoms with van der Waals surface area (Å²) in [5, 5.41) is 0. The van der Waals surface area contributed by atoms with E-state index in [1.807, 2.05) is 0 Å². The molecule has 0 N–H and O–H groups in total. The van der Waals surface area contributed by atoms with Crippen LogP contribution in [0.2, 0.25) is 0 Å². The van der Waals surface area contributed by atoms with Crippen LogP contribution in [0.4, 0.5) is 0 Å². The molecule has 0 aliphatic carbocycles. The third-order valence-electron chi connectivity index (χ3n) is 3.78. The van der Waals surface area contributed by atoms with Crippen LogP contribution in [-0.2, 0) is 0 Å². The van der Waals surface area contributed by atoms with Crippen LogP contribution in [0.15, 0.2) is 24.3 Å². The van der Waals surface area contributed by atoms with E-state index < -0.39 is 0 Å². The Labute approximate surface area is 123 Å². The smallest absolute Gasteiger partial charge is 0.261 e. The first-order valence-corrected chi connectivity index (χ1v) is 8.05. The summed E-state index contributed by atoms with van der Waals surface area (Å²) in [5.74, 6) is 0.487. The lowest BCUT2D eigenvalue weighted by atomic mass is 10.1. The van der Waals surface area contributed by atoms with E-state index in [9.17, 15) is 9.59 Å². The predicted molar refractivity (Wildman–Crippen MR) is 79.7 cm³/mol. The van der Waals surface area contributed by atoms with Crippen LogP contribution >= 0.6 is 11.9 Å². The molecule has 3 rings (SSSR count). The van der Waals surface area contributed by atoms with Crippen molar-refractivity contribution in [2.24, 2.45) is 0 Å². The molecule has 106 valence electrons. The van der Waals surface area contributed by atoms with E-state index in [0.29, 0.717) is 17.7 Å². The number of benzene rings is 1. The van der Waals surface area contributed by atoms with Crippen molar-refractivity contribution >= 4 is 23.8 Å². The fourth-order valence-electron chi connectivity index (χ4n) is 2.70. The van der Waals surface area contributed by atoms with Gasteiger partial charge < -0.3 is 0 Å². The molecule has 2 amide bonds. The van der Waals surface area contributed by atoms with Crippen LogP contribution in [-0.4, -0.2) is 46.4 Å². The highest BCUT2D eigenvalue weighted by molar-refractivity contribution is 7.97. The monoisotopic (exact) mass is 290 g/mol. The molecule has 0 atom stereocenters. The van der Waals surface area contributed by atoms with Gasteiger partial charge >= 0.3 is 0 Å². The SMILES string of the molecule is O=C1c2ccccc2C(=O)N1CCSN1CCCCC1. The van der Waals surface area contributed by atoms with E-state index in [-0.39, 0.29) is 11.8 Å². The number of amides is 2. The van der Waals surface area contributed by atoms with E-state index >= 15 is 0 Å². The number of hydrogen-bond donors (Lipinski definition) is 0. The van der Waals surface area contributed by atoms with Crippen molar-refractivity contribution in [2.45, 2.75) is 19.3 Å². The molecule has 0 unspecified atom stereocenters. The van der Waals surface area contributed by atoms with Crippen LogP contribution in [0, 0.1) is 0 Å². The topological polar surface area (TPSA) is 40.6 Å². The second-order valence-corrected chi connectivity index (χ2v) is 6.31. The molecule has 0 saturated carbocycles. The third-order valence-corrected chi connectivity index (χ3v) is 4.88. The molecule has 1 saturated heterocycles. The molecule has 20 heavy (non-hydrogen) atoms. The summed E-state index contributed by atoms with van der Waals surface area (Å²) < 4.78 is 2.35. The molecule has 0 aromatic heterocycles. The molecule has 4 nitrogen and oxygen atoms in total. The zero-order chi connectivity index (χ0) is 13.9. The predicted octanol–water partition coefficient (Wildman–Crippen LogP) is 2.42. The van der Waals surface area contributed by atoms with Gasteiger partial charge in [0.25, 0.3) is 11.8 Å². The number of carbonyl (C=O) groups excluding carboxylic acids is 2. The Kier molecular flexibility index (Phi) is 4.08. The zero-order valence-corrected chi connectivity index (χ0v) is 12.2. The van der Waals surface area contributed by atoms with Gasteiger partial charge in [-0.2, -0.15) is 0 Å². The van der Waals surface area contributed by atoms with Gasteiger partial charge in [0.15, 0.2) is 0 Å². The molecule has 5 heteroatoms. The van der Waals surface area contributed by atoms with Gasteiger partial charge in [-0.3, -0.25) is 18.8 Å². The average Bonchev–Trinajstić information content (AvgIpc) is 2.74. The number of imide groups is 1. The molecule has 1 aromatic rings. The Morgan fingerprint density at radius 3 is 2.15 bits per heavy atom. The van der Waals surface area contributed by atoms with E-state index in [2.05, 4.69) is 4.31 Å². The highest BCUT2D eigenvalue weighted by Crippen LogP contribution is 2.23. The lowest BCUT2D eigenvalue weighted by Crippen LogP contribution is -2.33. The van der Waals surface area contributed by atoms with E-state index in [0.717, 1.165) is 18.8 Å². The van der Waals surface area contributed by atoms with Crippen molar-refractivity contribution in [1.29, 1.82) is 0 Å². The second-order valence-electron chi connectivity index (χ2n) is 5.13. The minimum absolute atomic E-state index is 0.148. The van der Waals surface area contributed by atoms with Crippen molar-refractivity contribution in [1.82, 2.24) is 9.21 Å². The van der Waals surface area contributed by atoms with Crippen molar-refractivity contribution in [3.63, 3.8) is 0 Å². The average molecular weight is 290 g/mol. The number of piperidine rings is 1. The molecule has 0 radical (unpaired) electrons.